The number of rotatable bonds is 4. The van der Waals surface area contributed by atoms with Crippen LogP contribution in [0.25, 0.3) is 6.08 Å². The lowest BCUT2D eigenvalue weighted by Gasteiger charge is -2.18. The summed E-state index contributed by atoms with van der Waals surface area (Å²) in [6.07, 6.45) is 1.33. The van der Waals surface area contributed by atoms with Gasteiger partial charge in [0.15, 0.2) is 10.8 Å². The van der Waals surface area contributed by atoms with Gasteiger partial charge in [0.2, 0.25) is 11.8 Å². The summed E-state index contributed by atoms with van der Waals surface area (Å²) in [5.41, 5.74) is 0.336. The first-order valence-corrected chi connectivity index (χ1v) is 9.69. The molecule has 2 heterocycles. The molecule has 0 fully saturated rings. The molecule has 1 aromatic heterocycles. The van der Waals surface area contributed by atoms with Crippen molar-refractivity contribution in [1.82, 2.24) is 4.98 Å². The maximum atomic E-state index is 14.2. The van der Waals surface area contributed by atoms with Crippen molar-refractivity contribution in [3.63, 3.8) is 0 Å². The van der Waals surface area contributed by atoms with Gasteiger partial charge in [-0.15, -0.1) is 11.3 Å². The van der Waals surface area contributed by atoms with Crippen molar-refractivity contribution in [2.24, 2.45) is 4.99 Å². The lowest BCUT2D eigenvalue weighted by atomic mass is 10.2. The molecule has 0 saturated carbocycles. The number of aliphatic imine (C=N–C) groups is 1. The van der Waals surface area contributed by atoms with Crippen LogP contribution in [0, 0.1) is 17.5 Å². The van der Waals surface area contributed by atoms with Gasteiger partial charge < -0.3 is 4.74 Å². The smallest absolute Gasteiger partial charge is 0.363 e. The second-order valence-corrected chi connectivity index (χ2v) is 7.19. The third-order valence-corrected chi connectivity index (χ3v) is 4.99. The van der Waals surface area contributed by atoms with Gasteiger partial charge in [0, 0.05) is 23.9 Å². The molecule has 3 aromatic rings. The van der Waals surface area contributed by atoms with Crippen LogP contribution >= 0.6 is 11.3 Å². The normalized spacial score (nSPS) is 14.5. The molecule has 1 amide bonds. The fourth-order valence-electron chi connectivity index (χ4n) is 2.81. The third kappa shape index (κ3) is 4.24. The zero-order chi connectivity index (χ0) is 22.1. The quantitative estimate of drug-likeness (QED) is 0.437. The van der Waals surface area contributed by atoms with E-state index in [1.807, 2.05) is 0 Å². The molecule has 0 unspecified atom stereocenters. The van der Waals surface area contributed by atoms with Crippen LogP contribution in [-0.2, 0) is 14.3 Å². The highest BCUT2D eigenvalue weighted by molar-refractivity contribution is 7.14. The van der Waals surface area contributed by atoms with Gasteiger partial charge in [-0.1, -0.05) is 6.07 Å². The summed E-state index contributed by atoms with van der Waals surface area (Å²) in [6.45, 7) is 1.21. The number of hydrogen-bond donors (Lipinski definition) is 0. The summed E-state index contributed by atoms with van der Waals surface area (Å²) in [6, 6.07) is 8.26. The number of amides is 1. The van der Waals surface area contributed by atoms with Gasteiger partial charge in [-0.25, -0.2) is 27.9 Å². The number of hydrogen-bond acceptors (Lipinski definition) is 6. The van der Waals surface area contributed by atoms with Crippen molar-refractivity contribution < 1.29 is 27.5 Å². The molecule has 4 rings (SSSR count). The highest BCUT2D eigenvalue weighted by Gasteiger charge is 2.26. The number of thiazole rings is 1. The van der Waals surface area contributed by atoms with Gasteiger partial charge >= 0.3 is 5.97 Å². The first kappa shape index (κ1) is 20.5. The van der Waals surface area contributed by atoms with Crippen LogP contribution in [0.5, 0.6) is 0 Å². The van der Waals surface area contributed by atoms with Gasteiger partial charge in [0.05, 0.1) is 11.4 Å². The minimum absolute atomic E-state index is 0.0510. The zero-order valence-electron chi connectivity index (χ0n) is 15.8. The van der Waals surface area contributed by atoms with E-state index in [2.05, 4.69) is 9.98 Å². The highest BCUT2D eigenvalue weighted by Crippen LogP contribution is 2.32. The summed E-state index contributed by atoms with van der Waals surface area (Å²) in [5, 5.41) is 1.65. The molecule has 6 nitrogen and oxygen atoms in total. The van der Waals surface area contributed by atoms with E-state index in [0.717, 1.165) is 28.4 Å². The number of cyclic esters (lactones) is 1. The number of carbonyl (C=O) groups is 2. The predicted molar refractivity (Wildman–Crippen MR) is 108 cm³/mol. The van der Waals surface area contributed by atoms with Crippen LogP contribution in [-0.4, -0.2) is 22.8 Å². The number of anilines is 2. The van der Waals surface area contributed by atoms with Crippen LogP contribution < -0.4 is 4.90 Å². The van der Waals surface area contributed by atoms with Crippen LogP contribution in [0.1, 0.15) is 18.2 Å². The molecule has 0 radical (unpaired) electrons. The van der Waals surface area contributed by atoms with Crippen molar-refractivity contribution in [3.8, 4) is 0 Å². The molecule has 0 N–H and O–H groups in total. The minimum Gasteiger partial charge on any atom is -0.402 e. The van der Waals surface area contributed by atoms with Crippen LogP contribution in [0.3, 0.4) is 0 Å². The number of nitrogens with zero attached hydrogens (tertiary/aromatic N) is 3. The maximum absolute atomic E-state index is 14.2. The molecule has 2 aromatic carbocycles. The number of aromatic nitrogens is 1. The Balaban J connectivity index is 1.65. The molecule has 0 spiro atoms. The van der Waals surface area contributed by atoms with Gasteiger partial charge in [-0.05, 0) is 36.4 Å². The van der Waals surface area contributed by atoms with Crippen molar-refractivity contribution in [1.29, 1.82) is 0 Å². The number of ether oxygens (including phenoxy) is 1. The second kappa shape index (κ2) is 8.15. The van der Waals surface area contributed by atoms with E-state index in [-0.39, 0.29) is 28.1 Å². The molecule has 0 atom stereocenters. The molecule has 1 aliphatic rings. The molecule has 156 valence electrons. The Morgan fingerprint density at radius 2 is 1.90 bits per heavy atom. The molecular formula is C21H12F3N3O3S. The summed E-state index contributed by atoms with van der Waals surface area (Å²) in [7, 11) is 0. The van der Waals surface area contributed by atoms with E-state index in [0.29, 0.717) is 11.6 Å². The Labute approximate surface area is 177 Å². The standard InChI is InChI=1S/C21H12F3N3O3S/c1-11(28)27(18-6-5-14(23)8-16(18)24)21-25-15(10-31-21)9-17-20(29)30-19(26-17)12-3-2-4-13(22)7-12/h2-10H,1H3/b17-9-. The molecular weight excluding hydrogens is 431 g/mol. The first-order valence-electron chi connectivity index (χ1n) is 8.81. The molecule has 10 heteroatoms. The summed E-state index contributed by atoms with van der Waals surface area (Å²) in [5.74, 6) is -3.54. The molecule has 0 aliphatic carbocycles. The molecule has 0 saturated heterocycles. The van der Waals surface area contributed by atoms with Crippen molar-refractivity contribution in [2.45, 2.75) is 6.92 Å². The largest absolute Gasteiger partial charge is 0.402 e. The van der Waals surface area contributed by atoms with E-state index in [9.17, 15) is 22.8 Å². The Bertz CT molecular complexity index is 1270. The summed E-state index contributed by atoms with van der Waals surface area (Å²) < 4.78 is 45.9. The lowest BCUT2D eigenvalue weighted by Crippen LogP contribution is -2.23. The zero-order valence-corrected chi connectivity index (χ0v) is 16.6. The Hall–Kier alpha value is -3.79. The number of halogens is 3. The lowest BCUT2D eigenvalue weighted by molar-refractivity contribution is -0.130. The van der Waals surface area contributed by atoms with Crippen LogP contribution in [0.2, 0.25) is 0 Å². The van der Waals surface area contributed by atoms with Gasteiger partial charge in [-0.2, -0.15) is 0 Å². The monoisotopic (exact) mass is 443 g/mol. The Kier molecular flexibility index (Phi) is 5.38. The Morgan fingerprint density at radius 1 is 1.13 bits per heavy atom. The fourth-order valence-corrected chi connectivity index (χ4v) is 3.65. The summed E-state index contributed by atoms with van der Waals surface area (Å²) in [4.78, 5) is 33.5. The van der Waals surface area contributed by atoms with E-state index >= 15 is 0 Å². The first-order chi connectivity index (χ1) is 14.8. The van der Waals surface area contributed by atoms with Crippen molar-refractivity contribution in [3.05, 3.63) is 82.3 Å². The van der Waals surface area contributed by atoms with Gasteiger partial charge in [0.1, 0.15) is 17.5 Å². The average molecular weight is 443 g/mol. The van der Waals surface area contributed by atoms with Gasteiger partial charge in [0.25, 0.3) is 0 Å². The number of benzene rings is 2. The third-order valence-electron chi connectivity index (χ3n) is 4.14. The SMILES string of the molecule is CC(=O)N(c1nc(/C=C2\N=C(c3cccc(F)c3)OC2=O)cs1)c1ccc(F)cc1F. The van der Waals surface area contributed by atoms with Crippen molar-refractivity contribution in [2.75, 3.05) is 4.90 Å². The van der Waals surface area contributed by atoms with E-state index < -0.39 is 29.3 Å². The maximum Gasteiger partial charge on any atom is 0.363 e. The van der Waals surface area contributed by atoms with E-state index in [1.165, 1.54) is 36.6 Å². The van der Waals surface area contributed by atoms with E-state index in [4.69, 9.17) is 4.74 Å². The van der Waals surface area contributed by atoms with Gasteiger partial charge in [-0.3, -0.25) is 9.69 Å². The average Bonchev–Trinajstić information content (AvgIpc) is 3.31. The highest BCUT2D eigenvalue weighted by atomic mass is 32.1. The molecule has 0 bridgehead atoms. The number of carbonyl (C=O) groups excluding carboxylic acids is 2. The van der Waals surface area contributed by atoms with E-state index in [1.54, 1.807) is 6.07 Å². The minimum atomic E-state index is -0.922. The Morgan fingerprint density at radius 3 is 2.61 bits per heavy atom. The van der Waals surface area contributed by atoms with Crippen LogP contribution in [0.15, 0.2) is 58.5 Å². The topological polar surface area (TPSA) is 71.9 Å². The predicted octanol–water partition coefficient (Wildman–Crippen LogP) is 4.59. The molecule has 31 heavy (non-hydrogen) atoms. The van der Waals surface area contributed by atoms with Crippen LogP contribution in [0.4, 0.5) is 24.0 Å². The summed E-state index contributed by atoms with van der Waals surface area (Å²) >= 11 is 1.02. The second-order valence-electron chi connectivity index (χ2n) is 6.35. The fraction of sp³-hybridized carbons (Fsp3) is 0.0476. The van der Waals surface area contributed by atoms with Crippen molar-refractivity contribution >= 4 is 46.0 Å². The molecule has 1 aliphatic heterocycles. The number of esters is 1.